The molecule has 92 valence electrons. The fourth-order valence-corrected chi connectivity index (χ4v) is 1.86. The van der Waals surface area contributed by atoms with Crippen LogP contribution in [0.1, 0.15) is 20.3 Å². The van der Waals surface area contributed by atoms with E-state index in [4.69, 9.17) is 0 Å². The fourth-order valence-electron chi connectivity index (χ4n) is 1.86. The molecule has 1 aliphatic rings. The number of nitrogens with zero attached hydrogens (tertiary/aromatic N) is 1. The molecule has 0 bridgehead atoms. The van der Waals surface area contributed by atoms with E-state index in [2.05, 4.69) is 24.5 Å². The molecular weight excluding hydrogens is 218 g/mol. The lowest BCUT2D eigenvalue weighted by molar-refractivity contribution is -0.384. The Bertz CT molecular complexity index is 457. The van der Waals surface area contributed by atoms with Gasteiger partial charge >= 0.3 is 0 Å². The van der Waals surface area contributed by atoms with Crippen molar-refractivity contribution in [3.8, 4) is 0 Å². The summed E-state index contributed by atoms with van der Waals surface area (Å²) in [5.41, 5.74) is 1.96. The Labute approximate surface area is 100 Å². The van der Waals surface area contributed by atoms with Gasteiger partial charge in [0.2, 0.25) is 0 Å². The van der Waals surface area contributed by atoms with Crippen LogP contribution >= 0.6 is 0 Å². The van der Waals surface area contributed by atoms with Gasteiger partial charge < -0.3 is 10.6 Å². The van der Waals surface area contributed by atoms with E-state index in [9.17, 15) is 10.1 Å². The van der Waals surface area contributed by atoms with E-state index in [1.54, 1.807) is 13.1 Å². The smallest absolute Gasteiger partial charge is 0.273 e. The minimum Gasteiger partial charge on any atom is -0.388 e. The van der Waals surface area contributed by atoms with Crippen LogP contribution in [0.3, 0.4) is 0 Å². The van der Waals surface area contributed by atoms with Gasteiger partial charge in [-0.05, 0) is 17.9 Å². The first-order chi connectivity index (χ1) is 7.92. The molecule has 1 atom stereocenters. The number of anilines is 2. The molecule has 0 aromatic heterocycles. The average Bonchev–Trinajstić information content (AvgIpc) is 2.85. The van der Waals surface area contributed by atoms with Crippen molar-refractivity contribution in [2.45, 2.75) is 26.3 Å². The zero-order valence-electron chi connectivity index (χ0n) is 10.3. The van der Waals surface area contributed by atoms with Crippen LogP contribution in [0, 0.1) is 15.5 Å². The third-order valence-electron chi connectivity index (χ3n) is 3.27. The highest BCUT2D eigenvalue weighted by Gasteiger charge is 2.45. The zero-order chi connectivity index (χ0) is 12.6. The first-order valence-electron chi connectivity index (χ1n) is 5.66. The summed E-state index contributed by atoms with van der Waals surface area (Å²) < 4.78 is 0. The average molecular weight is 235 g/mol. The number of non-ortho nitro benzene ring substituents is 1. The van der Waals surface area contributed by atoms with E-state index >= 15 is 0 Å². The Hall–Kier alpha value is -1.78. The quantitative estimate of drug-likeness (QED) is 0.622. The summed E-state index contributed by atoms with van der Waals surface area (Å²) in [4.78, 5) is 10.4. The van der Waals surface area contributed by atoms with Crippen molar-refractivity contribution in [1.29, 1.82) is 0 Å². The molecule has 0 amide bonds. The summed E-state index contributed by atoms with van der Waals surface area (Å²) in [6.45, 7) is 4.36. The number of nitro benzene ring substituents is 1. The number of nitrogens with one attached hydrogen (secondary N) is 2. The molecule has 17 heavy (non-hydrogen) atoms. The van der Waals surface area contributed by atoms with E-state index in [-0.39, 0.29) is 10.6 Å². The first kappa shape index (κ1) is 11.7. The minimum absolute atomic E-state index is 0.109. The second-order valence-electron chi connectivity index (χ2n) is 5.17. The van der Waals surface area contributed by atoms with Crippen molar-refractivity contribution < 1.29 is 4.92 Å². The van der Waals surface area contributed by atoms with Crippen molar-refractivity contribution >= 4 is 17.1 Å². The number of rotatable bonds is 4. The molecule has 5 nitrogen and oxygen atoms in total. The van der Waals surface area contributed by atoms with Crippen LogP contribution in [0.5, 0.6) is 0 Å². The summed E-state index contributed by atoms with van der Waals surface area (Å²) in [7, 11) is 1.75. The summed E-state index contributed by atoms with van der Waals surface area (Å²) >= 11 is 0. The van der Waals surface area contributed by atoms with Crippen molar-refractivity contribution in [2.75, 3.05) is 17.7 Å². The van der Waals surface area contributed by atoms with Gasteiger partial charge in [0.1, 0.15) is 0 Å². The molecule has 2 rings (SSSR count). The fraction of sp³-hybridized carbons (Fsp3) is 0.500. The van der Waals surface area contributed by atoms with Crippen LogP contribution in [0.15, 0.2) is 18.2 Å². The third-order valence-corrected chi connectivity index (χ3v) is 3.27. The van der Waals surface area contributed by atoms with Crippen LogP contribution < -0.4 is 10.6 Å². The predicted octanol–water partition coefficient (Wildman–Crippen LogP) is 2.85. The maximum absolute atomic E-state index is 10.8. The van der Waals surface area contributed by atoms with Crippen LogP contribution in [-0.2, 0) is 0 Å². The topological polar surface area (TPSA) is 67.2 Å². The molecule has 0 radical (unpaired) electrons. The Morgan fingerprint density at radius 3 is 2.41 bits per heavy atom. The van der Waals surface area contributed by atoms with Gasteiger partial charge in [0.15, 0.2) is 0 Å². The Morgan fingerprint density at radius 1 is 1.35 bits per heavy atom. The van der Waals surface area contributed by atoms with Crippen LogP contribution in [0.2, 0.25) is 0 Å². The first-order valence-corrected chi connectivity index (χ1v) is 5.66. The van der Waals surface area contributed by atoms with Crippen LogP contribution in [0.25, 0.3) is 0 Å². The Kier molecular flexibility index (Phi) is 2.69. The van der Waals surface area contributed by atoms with E-state index in [1.165, 1.54) is 6.07 Å². The van der Waals surface area contributed by atoms with Crippen molar-refractivity contribution in [3.05, 3.63) is 28.3 Å². The molecule has 1 unspecified atom stereocenters. The summed E-state index contributed by atoms with van der Waals surface area (Å²) in [6.07, 6.45) is 1.10. The minimum atomic E-state index is -0.371. The second kappa shape index (κ2) is 3.91. The summed E-state index contributed by atoms with van der Waals surface area (Å²) in [6, 6.07) is 5.41. The molecule has 0 saturated heterocycles. The molecule has 1 aliphatic carbocycles. The highest BCUT2D eigenvalue weighted by atomic mass is 16.6. The van der Waals surface area contributed by atoms with Gasteiger partial charge in [-0.1, -0.05) is 13.8 Å². The lowest BCUT2D eigenvalue weighted by Crippen LogP contribution is -2.09. The SMILES string of the molecule is CNc1cc(NC2CC2(C)C)cc([N+](=O)[O-])c1. The number of hydrogen-bond donors (Lipinski definition) is 2. The second-order valence-corrected chi connectivity index (χ2v) is 5.17. The van der Waals surface area contributed by atoms with E-state index < -0.39 is 0 Å². The third kappa shape index (κ3) is 2.49. The monoisotopic (exact) mass is 235 g/mol. The summed E-state index contributed by atoms with van der Waals surface area (Å²) in [5, 5.41) is 17.1. The van der Waals surface area contributed by atoms with Gasteiger partial charge in [-0.3, -0.25) is 10.1 Å². The summed E-state index contributed by atoms with van der Waals surface area (Å²) in [5.74, 6) is 0. The van der Waals surface area contributed by atoms with Crippen LogP contribution in [0.4, 0.5) is 17.1 Å². The van der Waals surface area contributed by atoms with Crippen molar-refractivity contribution in [1.82, 2.24) is 0 Å². The largest absolute Gasteiger partial charge is 0.388 e. The molecular formula is C12H17N3O2. The maximum atomic E-state index is 10.8. The molecule has 0 heterocycles. The molecule has 5 heteroatoms. The van der Waals surface area contributed by atoms with Gasteiger partial charge in [-0.2, -0.15) is 0 Å². The molecule has 1 saturated carbocycles. The van der Waals surface area contributed by atoms with E-state index in [0.29, 0.717) is 11.5 Å². The van der Waals surface area contributed by atoms with Gasteiger partial charge in [-0.15, -0.1) is 0 Å². The predicted molar refractivity (Wildman–Crippen MR) is 68.5 cm³/mol. The Morgan fingerprint density at radius 2 is 1.94 bits per heavy atom. The lowest BCUT2D eigenvalue weighted by Gasteiger charge is -2.10. The van der Waals surface area contributed by atoms with E-state index in [0.717, 1.165) is 17.8 Å². The van der Waals surface area contributed by atoms with Gasteiger partial charge in [0.05, 0.1) is 4.92 Å². The highest BCUT2D eigenvalue weighted by Crippen LogP contribution is 2.46. The molecule has 0 spiro atoms. The van der Waals surface area contributed by atoms with Crippen molar-refractivity contribution in [3.63, 3.8) is 0 Å². The number of hydrogen-bond acceptors (Lipinski definition) is 4. The molecule has 2 N–H and O–H groups in total. The normalized spacial score (nSPS) is 20.8. The number of nitro groups is 1. The standard InChI is InChI=1S/C12H17N3O2/c1-12(2)7-11(12)14-9-4-8(13-3)5-10(6-9)15(16)17/h4-6,11,13-14H,7H2,1-3H3. The lowest BCUT2D eigenvalue weighted by atomic mass is 10.2. The molecule has 1 aromatic rings. The number of benzene rings is 1. The van der Waals surface area contributed by atoms with Gasteiger partial charge in [0.25, 0.3) is 5.69 Å². The maximum Gasteiger partial charge on any atom is 0.273 e. The highest BCUT2D eigenvalue weighted by molar-refractivity contribution is 5.64. The molecule has 0 aliphatic heterocycles. The zero-order valence-corrected chi connectivity index (χ0v) is 10.3. The van der Waals surface area contributed by atoms with Crippen molar-refractivity contribution in [2.24, 2.45) is 5.41 Å². The van der Waals surface area contributed by atoms with Gasteiger partial charge in [0, 0.05) is 36.6 Å². The molecule has 1 fully saturated rings. The molecule has 1 aromatic carbocycles. The van der Waals surface area contributed by atoms with Crippen LogP contribution in [-0.4, -0.2) is 18.0 Å². The van der Waals surface area contributed by atoms with E-state index in [1.807, 2.05) is 6.07 Å². The Balaban J connectivity index is 2.21. The van der Waals surface area contributed by atoms with Gasteiger partial charge in [-0.25, -0.2) is 0 Å².